The molecule has 1 aromatic heterocycles. The van der Waals surface area contributed by atoms with Gasteiger partial charge in [-0.1, -0.05) is 0 Å². The van der Waals surface area contributed by atoms with Crippen LogP contribution in [0.5, 0.6) is 11.5 Å². The fourth-order valence-electron chi connectivity index (χ4n) is 2.42. The van der Waals surface area contributed by atoms with E-state index in [1.807, 2.05) is 0 Å². The first-order valence-electron chi connectivity index (χ1n) is 6.40. The van der Waals surface area contributed by atoms with Crippen molar-refractivity contribution < 1.29 is 13.9 Å². The maximum atomic E-state index is 13.8. The first-order chi connectivity index (χ1) is 9.71. The van der Waals surface area contributed by atoms with Crippen LogP contribution in [0, 0.1) is 5.82 Å². The summed E-state index contributed by atoms with van der Waals surface area (Å²) in [6.07, 6.45) is 3.81. The largest absolute Gasteiger partial charge is 0.495 e. The van der Waals surface area contributed by atoms with Crippen molar-refractivity contribution in [2.45, 2.75) is 12.5 Å². The van der Waals surface area contributed by atoms with Crippen LogP contribution in [0.2, 0.25) is 0 Å². The summed E-state index contributed by atoms with van der Waals surface area (Å²) in [5.74, 6) is 1.02. The number of nitrogens with two attached hydrogens (primary N) is 1. The fraction of sp³-hybridized carbons (Fsp3) is 0.267. The molecule has 1 unspecified atom stereocenters. The van der Waals surface area contributed by atoms with Gasteiger partial charge in [-0.15, -0.1) is 0 Å². The molecule has 0 fully saturated rings. The molecule has 2 aromatic rings. The van der Waals surface area contributed by atoms with Crippen LogP contribution in [-0.4, -0.2) is 24.7 Å². The summed E-state index contributed by atoms with van der Waals surface area (Å²) in [5.41, 5.74) is 7.92. The third-order valence-electron chi connectivity index (χ3n) is 3.39. The van der Waals surface area contributed by atoms with Crippen LogP contribution in [0.25, 0.3) is 11.1 Å². The lowest BCUT2D eigenvalue weighted by atomic mass is 10.0. The van der Waals surface area contributed by atoms with Crippen molar-refractivity contribution in [3.63, 3.8) is 0 Å². The number of pyridine rings is 1. The Hall–Kier alpha value is -2.14. The van der Waals surface area contributed by atoms with Crippen molar-refractivity contribution in [1.29, 1.82) is 0 Å². The normalized spacial score (nSPS) is 16.6. The molecule has 1 aromatic carbocycles. The second-order valence-corrected chi connectivity index (χ2v) is 4.73. The van der Waals surface area contributed by atoms with E-state index in [-0.39, 0.29) is 11.9 Å². The van der Waals surface area contributed by atoms with E-state index in [0.29, 0.717) is 30.0 Å². The zero-order valence-corrected chi connectivity index (χ0v) is 11.1. The maximum absolute atomic E-state index is 13.8. The van der Waals surface area contributed by atoms with Crippen molar-refractivity contribution in [3.05, 3.63) is 42.0 Å². The van der Waals surface area contributed by atoms with Crippen LogP contribution >= 0.6 is 0 Å². The van der Waals surface area contributed by atoms with Crippen LogP contribution in [0.1, 0.15) is 5.56 Å². The first-order valence-corrected chi connectivity index (χ1v) is 6.40. The van der Waals surface area contributed by atoms with Crippen LogP contribution in [0.3, 0.4) is 0 Å². The number of nitrogens with zero attached hydrogens (tertiary/aromatic N) is 1. The van der Waals surface area contributed by atoms with Gasteiger partial charge in [0.05, 0.1) is 13.3 Å². The molecule has 0 saturated carbocycles. The van der Waals surface area contributed by atoms with Crippen LogP contribution in [-0.2, 0) is 6.42 Å². The van der Waals surface area contributed by atoms with E-state index in [1.165, 1.54) is 12.1 Å². The van der Waals surface area contributed by atoms with E-state index >= 15 is 0 Å². The Morgan fingerprint density at radius 2 is 2.25 bits per heavy atom. The molecule has 3 rings (SSSR count). The average molecular weight is 274 g/mol. The Balaban J connectivity index is 2.10. The molecule has 2 N–H and O–H groups in total. The van der Waals surface area contributed by atoms with Gasteiger partial charge in [0.1, 0.15) is 23.4 Å². The summed E-state index contributed by atoms with van der Waals surface area (Å²) < 4.78 is 24.7. The topological polar surface area (TPSA) is 57.4 Å². The minimum atomic E-state index is -0.289. The number of benzene rings is 1. The number of ether oxygens (including phenoxy) is 2. The molecule has 5 heteroatoms. The zero-order valence-electron chi connectivity index (χ0n) is 11.1. The molecule has 0 amide bonds. The average Bonchev–Trinajstić information content (AvgIpc) is 2.89. The zero-order chi connectivity index (χ0) is 14.1. The van der Waals surface area contributed by atoms with E-state index in [1.54, 1.807) is 25.6 Å². The summed E-state index contributed by atoms with van der Waals surface area (Å²) in [5, 5.41) is 0. The lowest BCUT2D eigenvalue weighted by molar-refractivity contribution is 0.242. The van der Waals surface area contributed by atoms with Crippen LogP contribution in [0.4, 0.5) is 4.39 Å². The number of aromatic nitrogens is 1. The molecule has 0 bridgehead atoms. The Bertz CT molecular complexity index is 646. The highest BCUT2D eigenvalue weighted by Gasteiger charge is 2.26. The van der Waals surface area contributed by atoms with E-state index in [9.17, 15) is 4.39 Å². The SMILES string of the molecule is COc1cncc(-c2cc(F)cc3c2OC(CN)C3)c1. The van der Waals surface area contributed by atoms with Gasteiger partial charge in [0.15, 0.2) is 0 Å². The second-order valence-electron chi connectivity index (χ2n) is 4.73. The highest BCUT2D eigenvalue weighted by Crippen LogP contribution is 2.39. The molecule has 4 nitrogen and oxygen atoms in total. The standard InChI is InChI=1S/C15H15FN2O2/c1-19-13-4-10(7-18-8-13)14-5-11(16)2-9-3-12(6-17)20-15(9)14/h2,4-5,7-8,12H,3,6,17H2,1H3. The van der Waals surface area contributed by atoms with Gasteiger partial charge < -0.3 is 15.2 Å². The van der Waals surface area contributed by atoms with Gasteiger partial charge in [-0.3, -0.25) is 4.98 Å². The third-order valence-corrected chi connectivity index (χ3v) is 3.39. The number of rotatable bonds is 3. The molecule has 0 spiro atoms. The van der Waals surface area contributed by atoms with Gasteiger partial charge in [0.25, 0.3) is 0 Å². The summed E-state index contributed by atoms with van der Waals surface area (Å²) >= 11 is 0. The molecule has 0 radical (unpaired) electrons. The Morgan fingerprint density at radius 1 is 1.40 bits per heavy atom. The van der Waals surface area contributed by atoms with Crippen molar-refractivity contribution in [1.82, 2.24) is 4.98 Å². The van der Waals surface area contributed by atoms with Gasteiger partial charge in [-0.25, -0.2) is 4.39 Å². The molecule has 104 valence electrons. The molecule has 1 atom stereocenters. The quantitative estimate of drug-likeness (QED) is 0.931. The van der Waals surface area contributed by atoms with E-state index < -0.39 is 0 Å². The smallest absolute Gasteiger partial charge is 0.137 e. The number of fused-ring (bicyclic) bond motifs is 1. The van der Waals surface area contributed by atoms with Gasteiger partial charge >= 0.3 is 0 Å². The molecule has 0 aliphatic carbocycles. The maximum Gasteiger partial charge on any atom is 0.137 e. The van der Waals surface area contributed by atoms with E-state index in [2.05, 4.69) is 4.98 Å². The monoisotopic (exact) mass is 274 g/mol. The minimum absolute atomic E-state index is 0.0934. The number of halogens is 1. The lowest BCUT2D eigenvalue weighted by Crippen LogP contribution is -2.24. The van der Waals surface area contributed by atoms with Crippen LogP contribution in [0.15, 0.2) is 30.6 Å². The van der Waals surface area contributed by atoms with Crippen molar-refractivity contribution in [2.24, 2.45) is 5.73 Å². The minimum Gasteiger partial charge on any atom is -0.495 e. The summed E-state index contributed by atoms with van der Waals surface area (Å²) in [6, 6.07) is 4.76. The predicted molar refractivity (Wildman–Crippen MR) is 73.4 cm³/mol. The second kappa shape index (κ2) is 5.09. The molecular weight excluding hydrogens is 259 g/mol. The van der Waals surface area contributed by atoms with Gasteiger partial charge in [0, 0.05) is 35.9 Å². The molecular formula is C15H15FN2O2. The van der Waals surface area contributed by atoms with E-state index in [0.717, 1.165) is 11.1 Å². The molecule has 20 heavy (non-hydrogen) atoms. The predicted octanol–water partition coefficient (Wildman–Crippen LogP) is 2.16. The summed E-state index contributed by atoms with van der Waals surface area (Å²) in [4.78, 5) is 4.10. The lowest BCUT2D eigenvalue weighted by Gasteiger charge is -2.11. The van der Waals surface area contributed by atoms with Gasteiger partial charge in [-0.05, 0) is 18.2 Å². The molecule has 2 heterocycles. The molecule has 0 saturated heterocycles. The van der Waals surface area contributed by atoms with Gasteiger partial charge in [0.2, 0.25) is 0 Å². The van der Waals surface area contributed by atoms with Crippen molar-refractivity contribution in [2.75, 3.05) is 13.7 Å². The Labute approximate surface area is 116 Å². The van der Waals surface area contributed by atoms with Crippen molar-refractivity contribution >= 4 is 0 Å². The Morgan fingerprint density at radius 3 is 3.00 bits per heavy atom. The summed E-state index contributed by atoms with van der Waals surface area (Å²) in [6.45, 7) is 0.409. The highest BCUT2D eigenvalue weighted by atomic mass is 19.1. The Kier molecular flexibility index (Phi) is 3.28. The van der Waals surface area contributed by atoms with Gasteiger partial charge in [-0.2, -0.15) is 0 Å². The first kappa shape index (κ1) is 12.9. The van der Waals surface area contributed by atoms with Crippen LogP contribution < -0.4 is 15.2 Å². The van der Waals surface area contributed by atoms with E-state index in [4.69, 9.17) is 15.2 Å². The highest BCUT2D eigenvalue weighted by molar-refractivity contribution is 5.73. The number of hydrogen-bond donors (Lipinski definition) is 1. The number of methoxy groups -OCH3 is 1. The molecule has 1 aliphatic rings. The van der Waals surface area contributed by atoms with Crippen molar-refractivity contribution in [3.8, 4) is 22.6 Å². The fourth-order valence-corrected chi connectivity index (χ4v) is 2.42. The number of hydrogen-bond acceptors (Lipinski definition) is 4. The molecule has 1 aliphatic heterocycles. The third kappa shape index (κ3) is 2.20. The summed E-state index contributed by atoms with van der Waals surface area (Å²) in [7, 11) is 1.57.